The zero-order valence-corrected chi connectivity index (χ0v) is 3.36. The van der Waals surface area contributed by atoms with Crippen LogP contribution in [0.5, 0.6) is 0 Å². The fraction of sp³-hybridized carbons (Fsp3) is 1.00. The number of rotatable bonds is 4. The Balaban J connectivity index is 2.56. The van der Waals surface area contributed by atoms with Gasteiger partial charge in [0, 0.05) is 5.04 Å². The number of hydrogen-bond acceptors (Lipinski definition) is 6. The van der Waals surface area contributed by atoms with Crippen molar-refractivity contribution in [2.45, 2.75) is 0 Å². The summed E-state index contributed by atoms with van der Waals surface area (Å²) in [5.74, 6) is 0. The van der Waals surface area contributed by atoms with Crippen molar-refractivity contribution in [1.29, 1.82) is 0 Å². The Bertz CT molecular complexity index is 47.0. The van der Waals surface area contributed by atoms with Crippen molar-refractivity contribution in [2.75, 3.05) is 6.73 Å². The maximum atomic E-state index is 8.96. The van der Waals surface area contributed by atoms with Gasteiger partial charge in [-0.15, -0.1) is 9.90 Å². The van der Waals surface area contributed by atoms with Gasteiger partial charge in [-0.25, -0.2) is 0 Å². The first kappa shape index (κ1) is 6.28. The van der Waals surface area contributed by atoms with E-state index in [1.165, 1.54) is 0 Å². The molecular weight excluding hydrogens is 104 g/mol. The third-order valence-corrected chi connectivity index (χ3v) is 0.177. The Labute approximate surface area is 38.9 Å². The van der Waals surface area contributed by atoms with E-state index in [1.807, 2.05) is 5.34 Å². The van der Waals surface area contributed by atoms with Crippen LogP contribution in [0.25, 0.3) is 0 Å². The topological polar surface area (TPSA) is 83.1 Å². The lowest BCUT2D eigenvalue weighted by Gasteiger charge is -1.87. The van der Waals surface area contributed by atoms with Gasteiger partial charge in [0.15, 0.2) is 5.34 Å². The first-order valence-electron chi connectivity index (χ1n) is 1.40. The summed E-state index contributed by atoms with van der Waals surface area (Å²) in [5.41, 5.74) is 4.70. The van der Waals surface area contributed by atoms with Gasteiger partial charge in [-0.1, -0.05) is 0 Å². The van der Waals surface area contributed by atoms with Crippen LogP contribution in [-0.2, 0) is 14.9 Å². The molecular formula is CH4N2O4. The Hall–Kier alpha value is -0.720. The Morgan fingerprint density at radius 1 is 1.71 bits per heavy atom. The first-order valence-corrected chi connectivity index (χ1v) is 1.40. The number of nitrogens with zero attached hydrogens (tertiary/aromatic N) is 1. The summed E-state index contributed by atoms with van der Waals surface area (Å²) in [7, 11) is 0. The molecule has 0 aromatic rings. The van der Waals surface area contributed by atoms with Crippen molar-refractivity contribution in [3.8, 4) is 0 Å². The van der Waals surface area contributed by atoms with Gasteiger partial charge in [-0.2, -0.15) is 4.89 Å². The summed E-state index contributed by atoms with van der Waals surface area (Å²) in [4.78, 5) is 16.1. The zero-order valence-electron chi connectivity index (χ0n) is 3.36. The molecule has 6 heteroatoms. The molecule has 0 radical (unpaired) electrons. The van der Waals surface area contributed by atoms with Crippen LogP contribution in [0.2, 0.25) is 0 Å². The van der Waals surface area contributed by atoms with E-state index in [9.17, 15) is 0 Å². The van der Waals surface area contributed by atoms with E-state index in [0.717, 1.165) is 0 Å². The van der Waals surface area contributed by atoms with Crippen LogP contribution in [0, 0.1) is 4.91 Å². The van der Waals surface area contributed by atoms with Crippen molar-refractivity contribution in [1.82, 2.24) is 0 Å². The van der Waals surface area contributed by atoms with Crippen LogP contribution in [0.3, 0.4) is 0 Å². The molecule has 0 aliphatic heterocycles. The van der Waals surface area contributed by atoms with Crippen molar-refractivity contribution in [2.24, 2.45) is 11.1 Å². The van der Waals surface area contributed by atoms with Gasteiger partial charge in [0.2, 0.25) is 0 Å². The predicted molar refractivity (Wildman–Crippen MR) is 18.1 cm³/mol. The lowest BCUT2D eigenvalue weighted by atomic mass is 11.4. The van der Waals surface area contributed by atoms with Crippen LogP contribution in [0.4, 0.5) is 0 Å². The van der Waals surface area contributed by atoms with Crippen LogP contribution in [0.15, 0.2) is 5.34 Å². The largest absolute Gasteiger partial charge is 0.306 e. The number of nitrogens with two attached hydrogens (primary N) is 1. The zero-order chi connectivity index (χ0) is 5.54. The predicted octanol–water partition coefficient (Wildman–Crippen LogP) is -0.536. The summed E-state index contributed by atoms with van der Waals surface area (Å²) in [6, 6.07) is 0. The van der Waals surface area contributed by atoms with E-state index < -0.39 is 0 Å². The average Bonchev–Trinajstić information content (AvgIpc) is 1.69. The quantitative estimate of drug-likeness (QED) is 0.172. The summed E-state index contributed by atoms with van der Waals surface area (Å²) in [6.07, 6.45) is 0. The van der Waals surface area contributed by atoms with Gasteiger partial charge >= 0.3 is 0 Å². The van der Waals surface area contributed by atoms with Crippen molar-refractivity contribution in [3.63, 3.8) is 0 Å². The molecule has 42 valence electrons. The van der Waals surface area contributed by atoms with Crippen LogP contribution in [-0.4, -0.2) is 6.73 Å². The Morgan fingerprint density at radius 3 is 2.86 bits per heavy atom. The molecule has 0 saturated carbocycles. The first-order chi connectivity index (χ1) is 3.41. The second-order valence-corrected chi connectivity index (χ2v) is 0.502. The molecule has 0 aliphatic rings. The molecule has 0 saturated heterocycles. The normalized spacial score (nSPS) is 8.14. The van der Waals surface area contributed by atoms with Crippen molar-refractivity contribution >= 4 is 0 Å². The minimum atomic E-state index is -0.185. The smallest absolute Gasteiger partial charge is 0.193 e. The summed E-state index contributed by atoms with van der Waals surface area (Å²) in [5, 5.41) is 5.35. The maximum Gasteiger partial charge on any atom is 0.193 e. The Morgan fingerprint density at radius 2 is 2.43 bits per heavy atom. The van der Waals surface area contributed by atoms with Gasteiger partial charge in [0.1, 0.15) is 6.73 Å². The van der Waals surface area contributed by atoms with Crippen molar-refractivity contribution in [3.05, 3.63) is 4.91 Å². The molecule has 0 unspecified atom stereocenters. The molecule has 0 spiro atoms. The summed E-state index contributed by atoms with van der Waals surface area (Å²) < 4.78 is 0. The minimum Gasteiger partial charge on any atom is -0.306 e. The molecule has 0 heterocycles. The third kappa shape index (κ3) is 5.28. The molecule has 0 rings (SSSR count). The highest BCUT2D eigenvalue weighted by atomic mass is 17.5. The fourth-order valence-electron chi connectivity index (χ4n) is 0.0617. The van der Waals surface area contributed by atoms with E-state index in [4.69, 9.17) is 10.6 Å². The van der Waals surface area contributed by atoms with Crippen LogP contribution < -0.4 is 5.73 Å². The molecule has 0 aliphatic carbocycles. The van der Waals surface area contributed by atoms with E-state index in [0.29, 0.717) is 0 Å². The lowest BCUT2D eigenvalue weighted by molar-refractivity contribution is -0.514. The van der Waals surface area contributed by atoms with Gasteiger partial charge < -0.3 is 5.73 Å². The minimum absolute atomic E-state index is 0.185. The molecule has 6 nitrogen and oxygen atoms in total. The SMILES string of the molecule is NCOOON=O. The molecule has 0 atom stereocenters. The molecule has 0 fully saturated rings. The second-order valence-electron chi connectivity index (χ2n) is 0.502. The average molecular weight is 108 g/mol. The molecule has 0 aromatic heterocycles. The van der Waals surface area contributed by atoms with Gasteiger partial charge in [-0.3, -0.25) is 0 Å². The third-order valence-electron chi connectivity index (χ3n) is 0.177. The highest BCUT2D eigenvalue weighted by Gasteiger charge is 1.78. The van der Waals surface area contributed by atoms with Crippen LogP contribution >= 0.6 is 0 Å². The van der Waals surface area contributed by atoms with E-state index >= 15 is 0 Å². The van der Waals surface area contributed by atoms with Crippen molar-refractivity contribution < 1.29 is 14.9 Å². The molecule has 0 amide bonds. The van der Waals surface area contributed by atoms with Gasteiger partial charge in [0.05, 0.1) is 0 Å². The summed E-state index contributed by atoms with van der Waals surface area (Å²) >= 11 is 0. The maximum absolute atomic E-state index is 8.96. The van der Waals surface area contributed by atoms with E-state index in [-0.39, 0.29) is 6.73 Å². The molecule has 2 N–H and O–H groups in total. The van der Waals surface area contributed by atoms with Gasteiger partial charge in [0.25, 0.3) is 0 Å². The monoisotopic (exact) mass is 108 g/mol. The molecule has 0 bridgehead atoms. The highest BCUT2D eigenvalue weighted by molar-refractivity contribution is 3.88. The van der Waals surface area contributed by atoms with E-state index in [1.54, 1.807) is 0 Å². The standard InChI is InChI=1S/CH4N2O4/c2-1-5-7-6-3-4/h1-2H2. The van der Waals surface area contributed by atoms with E-state index in [2.05, 4.69) is 14.9 Å². The fourth-order valence-corrected chi connectivity index (χ4v) is 0.0617. The van der Waals surface area contributed by atoms with Gasteiger partial charge in [-0.05, 0) is 0 Å². The number of hydrogen-bond donors (Lipinski definition) is 1. The second kappa shape index (κ2) is 5.28. The molecule has 7 heavy (non-hydrogen) atoms. The lowest BCUT2D eigenvalue weighted by Crippen LogP contribution is -2.03. The Kier molecular flexibility index (Phi) is 4.74. The van der Waals surface area contributed by atoms with Crippen LogP contribution in [0.1, 0.15) is 0 Å². The highest BCUT2D eigenvalue weighted by Crippen LogP contribution is 1.75. The summed E-state index contributed by atoms with van der Waals surface area (Å²) in [6.45, 7) is -0.185. The molecule has 0 aromatic carbocycles.